The molecular formula is C24H14F3N5O3S. The van der Waals surface area contributed by atoms with E-state index in [1.165, 1.54) is 36.7 Å². The van der Waals surface area contributed by atoms with Crippen molar-refractivity contribution in [2.45, 2.75) is 4.90 Å². The summed E-state index contributed by atoms with van der Waals surface area (Å²) in [5, 5.41) is 6.49. The second-order valence-electron chi connectivity index (χ2n) is 7.62. The van der Waals surface area contributed by atoms with Gasteiger partial charge in [-0.2, -0.15) is 5.10 Å². The number of rotatable bonds is 6. The standard InChI is InChI=1S/C24H14F3N5O3S/c25-15-2-1-3-16(9-15)36(34,35)32-19-7-5-17(26)22(23(19)27)24(33)13-4-6-18-20(8-13)31-21(12-28-18)14-10-29-30-11-14/h1-12,32H,(H,29,30). The third-order valence-electron chi connectivity index (χ3n) is 5.27. The summed E-state index contributed by atoms with van der Waals surface area (Å²) < 4.78 is 70.4. The Morgan fingerprint density at radius 2 is 1.78 bits per heavy atom. The molecule has 0 unspecified atom stereocenters. The number of nitrogens with one attached hydrogen (secondary N) is 2. The highest BCUT2D eigenvalue weighted by molar-refractivity contribution is 7.92. The summed E-state index contributed by atoms with van der Waals surface area (Å²) in [6.07, 6.45) is 4.65. The van der Waals surface area contributed by atoms with Crippen molar-refractivity contribution in [1.82, 2.24) is 20.2 Å². The maximum absolute atomic E-state index is 15.3. The van der Waals surface area contributed by atoms with Gasteiger partial charge < -0.3 is 0 Å². The molecule has 0 saturated carbocycles. The molecule has 0 saturated heterocycles. The molecule has 36 heavy (non-hydrogen) atoms. The lowest BCUT2D eigenvalue weighted by atomic mass is 10.0. The van der Waals surface area contributed by atoms with Crippen molar-refractivity contribution in [3.05, 3.63) is 102 Å². The van der Waals surface area contributed by atoms with E-state index in [0.29, 0.717) is 22.3 Å². The minimum atomic E-state index is -4.42. The van der Waals surface area contributed by atoms with Gasteiger partial charge in [-0.15, -0.1) is 0 Å². The Labute approximate surface area is 201 Å². The lowest BCUT2D eigenvalue weighted by Crippen LogP contribution is -2.16. The molecule has 0 fully saturated rings. The first kappa shape index (κ1) is 23.2. The molecule has 180 valence electrons. The van der Waals surface area contributed by atoms with Gasteiger partial charge in [-0.25, -0.2) is 26.6 Å². The largest absolute Gasteiger partial charge is 0.288 e. The summed E-state index contributed by atoms with van der Waals surface area (Å²) in [6, 6.07) is 9.79. The summed E-state index contributed by atoms with van der Waals surface area (Å²) in [5.74, 6) is -4.46. The number of carbonyl (C=O) groups is 1. The van der Waals surface area contributed by atoms with Crippen LogP contribution in [-0.2, 0) is 10.0 Å². The van der Waals surface area contributed by atoms with E-state index in [0.717, 1.165) is 30.3 Å². The Balaban J connectivity index is 1.52. The molecule has 0 aliphatic heterocycles. The summed E-state index contributed by atoms with van der Waals surface area (Å²) in [6.45, 7) is 0. The van der Waals surface area contributed by atoms with Gasteiger partial charge in [0, 0.05) is 17.3 Å². The quantitative estimate of drug-likeness (QED) is 0.326. The highest BCUT2D eigenvalue weighted by Gasteiger charge is 2.25. The molecule has 12 heteroatoms. The minimum Gasteiger partial charge on any atom is -0.288 e. The van der Waals surface area contributed by atoms with Crippen LogP contribution in [0.1, 0.15) is 15.9 Å². The molecule has 2 aromatic heterocycles. The number of anilines is 1. The van der Waals surface area contributed by atoms with Crippen molar-refractivity contribution in [2.24, 2.45) is 0 Å². The van der Waals surface area contributed by atoms with Gasteiger partial charge in [0.05, 0.1) is 45.3 Å². The van der Waals surface area contributed by atoms with E-state index in [1.807, 2.05) is 4.72 Å². The zero-order chi connectivity index (χ0) is 25.4. The van der Waals surface area contributed by atoms with Crippen LogP contribution < -0.4 is 4.72 Å². The number of benzene rings is 3. The van der Waals surface area contributed by atoms with Gasteiger partial charge in [0.2, 0.25) is 0 Å². The van der Waals surface area contributed by atoms with Crippen molar-refractivity contribution in [3.63, 3.8) is 0 Å². The van der Waals surface area contributed by atoms with Crippen LogP contribution >= 0.6 is 0 Å². The maximum Gasteiger partial charge on any atom is 0.262 e. The van der Waals surface area contributed by atoms with E-state index in [1.54, 1.807) is 6.20 Å². The Morgan fingerprint density at radius 3 is 2.53 bits per heavy atom. The van der Waals surface area contributed by atoms with Gasteiger partial charge >= 0.3 is 0 Å². The topological polar surface area (TPSA) is 118 Å². The van der Waals surface area contributed by atoms with Gasteiger partial charge in [0.15, 0.2) is 11.6 Å². The van der Waals surface area contributed by atoms with Crippen LogP contribution in [0.2, 0.25) is 0 Å². The van der Waals surface area contributed by atoms with Gasteiger partial charge in [-0.05, 0) is 48.5 Å². The maximum atomic E-state index is 15.3. The summed E-state index contributed by atoms with van der Waals surface area (Å²) in [5.41, 5.74) is 0.117. The predicted octanol–water partition coefficient (Wildman–Crippen LogP) is 4.47. The predicted molar refractivity (Wildman–Crippen MR) is 124 cm³/mol. The number of aromatic nitrogens is 4. The van der Waals surface area contributed by atoms with E-state index in [-0.39, 0.29) is 5.56 Å². The number of nitrogens with zero attached hydrogens (tertiary/aromatic N) is 3. The minimum absolute atomic E-state index is 0.0934. The number of aromatic amines is 1. The third-order valence-corrected chi connectivity index (χ3v) is 6.63. The fraction of sp³-hybridized carbons (Fsp3) is 0. The number of H-pyrrole nitrogens is 1. The van der Waals surface area contributed by atoms with E-state index < -0.39 is 49.4 Å². The Hall–Kier alpha value is -4.58. The average Bonchev–Trinajstić information content (AvgIpc) is 3.40. The van der Waals surface area contributed by atoms with E-state index in [9.17, 15) is 22.0 Å². The second-order valence-corrected chi connectivity index (χ2v) is 9.30. The molecule has 8 nitrogen and oxygen atoms in total. The van der Waals surface area contributed by atoms with Gasteiger partial charge in [-0.1, -0.05) is 6.07 Å². The lowest BCUT2D eigenvalue weighted by molar-refractivity contribution is 0.103. The van der Waals surface area contributed by atoms with Crippen molar-refractivity contribution < 1.29 is 26.4 Å². The SMILES string of the molecule is O=C(c1ccc2ncc(-c3cn[nH]c3)nc2c1)c1c(F)ccc(NS(=O)(=O)c2cccc(F)c2)c1F. The second kappa shape index (κ2) is 8.89. The third kappa shape index (κ3) is 4.29. The van der Waals surface area contributed by atoms with Crippen LogP contribution in [0.3, 0.4) is 0 Å². The Bertz CT molecular complexity index is 1740. The zero-order valence-corrected chi connectivity index (χ0v) is 18.9. The first-order chi connectivity index (χ1) is 17.2. The number of carbonyl (C=O) groups excluding carboxylic acids is 1. The Kier molecular flexibility index (Phi) is 5.72. The first-order valence-corrected chi connectivity index (χ1v) is 11.8. The smallest absolute Gasteiger partial charge is 0.262 e. The van der Waals surface area contributed by atoms with E-state index in [2.05, 4.69) is 20.2 Å². The average molecular weight is 509 g/mol. The first-order valence-electron chi connectivity index (χ1n) is 10.3. The van der Waals surface area contributed by atoms with Crippen LogP contribution in [0.4, 0.5) is 18.9 Å². The number of hydrogen-bond acceptors (Lipinski definition) is 6. The highest BCUT2D eigenvalue weighted by Crippen LogP contribution is 2.27. The molecule has 0 bridgehead atoms. The molecule has 0 radical (unpaired) electrons. The van der Waals surface area contributed by atoms with Crippen molar-refractivity contribution >= 4 is 32.5 Å². The molecule has 5 rings (SSSR count). The number of halogens is 3. The summed E-state index contributed by atoms with van der Waals surface area (Å²) in [4.78, 5) is 21.3. The zero-order valence-electron chi connectivity index (χ0n) is 18.0. The molecule has 2 N–H and O–H groups in total. The van der Waals surface area contributed by atoms with E-state index >= 15 is 4.39 Å². The monoisotopic (exact) mass is 509 g/mol. The molecule has 0 aliphatic carbocycles. The summed E-state index contributed by atoms with van der Waals surface area (Å²) in [7, 11) is -4.42. The fourth-order valence-electron chi connectivity index (χ4n) is 3.50. The van der Waals surface area contributed by atoms with Crippen molar-refractivity contribution in [2.75, 3.05) is 4.72 Å². The molecule has 3 aromatic carbocycles. The van der Waals surface area contributed by atoms with Gasteiger partial charge in [-0.3, -0.25) is 19.6 Å². The number of sulfonamides is 1. The lowest BCUT2D eigenvalue weighted by Gasteiger charge is -2.12. The van der Waals surface area contributed by atoms with Crippen LogP contribution in [-0.4, -0.2) is 34.4 Å². The normalized spacial score (nSPS) is 11.5. The number of hydrogen-bond donors (Lipinski definition) is 2. The van der Waals surface area contributed by atoms with Crippen LogP contribution in [0.15, 0.2) is 78.1 Å². The fourth-order valence-corrected chi connectivity index (χ4v) is 4.59. The van der Waals surface area contributed by atoms with Gasteiger partial charge in [0.1, 0.15) is 11.6 Å². The molecule has 0 spiro atoms. The Morgan fingerprint density at radius 1 is 0.944 bits per heavy atom. The molecule has 0 amide bonds. The molecule has 2 heterocycles. The molecule has 0 aliphatic rings. The van der Waals surface area contributed by atoms with Crippen LogP contribution in [0.5, 0.6) is 0 Å². The summed E-state index contributed by atoms with van der Waals surface area (Å²) >= 11 is 0. The highest BCUT2D eigenvalue weighted by atomic mass is 32.2. The van der Waals surface area contributed by atoms with Gasteiger partial charge in [0.25, 0.3) is 10.0 Å². The van der Waals surface area contributed by atoms with E-state index in [4.69, 9.17) is 0 Å². The molecular weight excluding hydrogens is 495 g/mol. The molecule has 0 atom stereocenters. The van der Waals surface area contributed by atoms with Crippen LogP contribution in [0.25, 0.3) is 22.3 Å². The van der Waals surface area contributed by atoms with Crippen molar-refractivity contribution in [3.8, 4) is 11.3 Å². The van der Waals surface area contributed by atoms with Crippen molar-refractivity contribution in [1.29, 1.82) is 0 Å². The number of fused-ring (bicyclic) bond motifs is 1. The molecule has 5 aromatic rings. The number of ketones is 1. The van der Waals surface area contributed by atoms with Crippen LogP contribution in [0, 0.1) is 17.5 Å².